The molecule has 206 valence electrons. The summed E-state index contributed by atoms with van der Waals surface area (Å²) in [5.41, 5.74) is 3.00. The van der Waals surface area contributed by atoms with Crippen LogP contribution < -0.4 is 27.0 Å². The Hall–Kier alpha value is -2.91. The molecule has 0 aliphatic carbocycles. The number of anilines is 1. The van der Waals surface area contributed by atoms with Gasteiger partial charge < -0.3 is 41.0 Å². The first-order valence-electron chi connectivity index (χ1n) is 13.0. The molecule has 1 unspecified atom stereocenters. The number of aromatic nitrogens is 1. The van der Waals surface area contributed by atoms with Crippen LogP contribution in [0.5, 0.6) is 5.88 Å². The molecule has 0 amide bonds. The standard InChI is InChI=1S/C29H38N3O5.BrH/c1-5-36-28(33)22-7-6-8-24(17-22)31-27(23-9-10-26(35-4)30-18-23)29(34)37-25-19-32(14-11-20(2)3)15-12-21(25)13-16-32;/h6-11,17-18,21,25,27,31H,5,12-16,19H2,1-4H3;1H/q+1;/p-1/t21?,25-,27?,32?;/m0./s1. The normalized spacial score (nSPS) is 22.4. The number of piperidine rings is 3. The molecule has 4 heterocycles. The topological polar surface area (TPSA) is 86.8 Å². The molecule has 3 aliphatic rings. The Labute approximate surface area is 235 Å². The molecule has 1 aromatic heterocycles. The summed E-state index contributed by atoms with van der Waals surface area (Å²) >= 11 is 0. The Bertz CT molecular complexity index is 1130. The van der Waals surface area contributed by atoms with Gasteiger partial charge in [0.1, 0.15) is 6.54 Å². The maximum atomic E-state index is 13.7. The van der Waals surface area contributed by atoms with Crippen molar-refractivity contribution in [2.75, 3.05) is 45.2 Å². The minimum absolute atomic E-state index is 0. The Morgan fingerprint density at radius 3 is 2.58 bits per heavy atom. The third-order valence-corrected chi connectivity index (χ3v) is 7.42. The number of rotatable bonds is 10. The molecule has 1 N–H and O–H groups in total. The molecule has 0 spiro atoms. The smallest absolute Gasteiger partial charge is 0.338 e. The monoisotopic (exact) mass is 587 g/mol. The van der Waals surface area contributed by atoms with Gasteiger partial charge >= 0.3 is 11.9 Å². The zero-order valence-corrected chi connectivity index (χ0v) is 24.2. The fourth-order valence-electron chi connectivity index (χ4n) is 5.28. The van der Waals surface area contributed by atoms with Crippen LogP contribution >= 0.6 is 0 Å². The van der Waals surface area contributed by atoms with Crippen molar-refractivity contribution >= 4 is 17.6 Å². The Kier molecular flexibility index (Phi) is 10.3. The average Bonchev–Trinajstić information content (AvgIpc) is 2.91. The Balaban J connectivity index is 0.00000400. The van der Waals surface area contributed by atoms with E-state index in [0.717, 1.165) is 43.5 Å². The van der Waals surface area contributed by atoms with E-state index >= 15 is 0 Å². The van der Waals surface area contributed by atoms with E-state index in [1.807, 2.05) is 6.07 Å². The van der Waals surface area contributed by atoms with Crippen LogP contribution in [0.3, 0.4) is 0 Å². The largest absolute Gasteiger partial charge is 1.00 e. The Morgan fingerprint density at radius 2 is 1.95 bits per heavy atom. The first-order valence-corrected chi connectivity index (χ1v) is 13.0. The van der Waals surface area contributed by atoms with E-state index in [4.69, 9.17) is 14.2 Å². The molecule has 5 rings (SSSR count). The minimum Gasteiger partial charge on any atom is -1.00 e. The molecule has 3 aliphatic heterocycles. The van der Waals surface area contributed by atoms with Gasteiger partial charge in [-0.1, -0.05) is 11.6 Å². The van der Waals surface area contributed by atoms with E-state index < -0.39 is 12.0 Å². The number of carbonyl (C=O) groups excluding carboxylic acids is 2. The number of pyridine rings is 1. The van der Waals surface area contributed by atoms with E-state index in [2.05, 4.69) is 30.2 Å². The van der Waals surface area contributed by atoms with Crippen LogP contribution in [0, 0.1) is 5.92 Å². The zero-order chi connectivity index (χ0) is 26.4. The first kappa shape index (κ1) is 29.6. The number of benzene rings is 1. The number of nitrogens with one attached hydrogen (secondary N) is 1. The predicted octanol–water partition coefficient (Wildman–Crippen LogP) is 1.54. The molecular formula is C29H38BrN3O5. The second kappa shape index (κ2) is 13.2. The van der Waals surface area contributed by atoms with Crippen LogP contribution in [0.25, 0.3) is 0 Å². The molecule has 0 radical (unpaired) electrons. The molecule has 38 heavy (non-hydrogen) atoms. The summed E-state index contributed by atoms with van der Waals surface area (Å²) in [6.07, 6.45) is 5.93. The summed E-state index contributed by atoms with van der Waals surface area (Å²) in [6, 6.07) is 9.68. The molecule has 2 atom stereocenters. The van der Waals surface area contributed by atoms with E-state index in [0.29, 0.717) is 35.2 Å². The van der Waals surface area contributed by atoms with Crippen molar-refractivity contribution in [3.8, 4) is 5.88 Å². The molecular weight excluding hydrogens is 550 g/mol. The lowest BCUT2D eigenvalue weighted by Gasteiger charge is -2.51. The quantitative estimate of drug-likeness (QED) is 0.256. The number of ether oxygens (including phenoxy) is 3. The van der Waals surface area contributed by atoms with Crippen LogP contribution in [0.1, 0.15) is 55.6 Å². The van der Waals surface area contributed by atoms with Crippen molar-refractivity contribution in [1.29, 1.82) is 0 Å². The highest BCUT2D eigenvalue weighted by Crippen LogP contribution is 2.36. The van der Waals surface area contributed by atoms with Gasteiger partial charge in [-0.2, -0.15) is 0 Å². The van der Waals surface area contributed by atoms with Gasteiger partial charge in [0.2, 0.25) is 5.88 Å². The number of methoxy groups -OCH3 is 1. The van der Waals surface area contributed by atoms with Crippen molar-refractivity contribution in [1.82, 2.24) is 4.98 Å². The molecule has 8 nitrogen and oxygen atoms in total. The second-order valence-electron chi connectivity index (χ2n) is 10.3. The highest BCUT2D eigenvalue weighted by Gasteiger charge is 2.47. The number of esters is 2. The van der Waals surface area contributed by atoms with Crippen molar-refractivity contribution < 1.29 is 45.3 Å². The van der Waals surface area contributed by atoms with E-state index in [9.17, 15) is 9.59 Å². The molecule has 9 heteroatoms. The van der Waals surface area contributed by atoms with Gasteiger partial charge in [0, 0.05) is 42.3 Å². The van der Waals surface area contributed by atoms with Gasteiger partial charge in [0.05, 0.1) is 38.9 Å². The number of hydrogen-bond acceptors (Lipinski definition) is 7. The summed E-state index contributed by atoms with van der Waals surface area (Å²) in [5.74, 6) is 0.0855. The average molecular weight is 589 g/mol. The lowest BCUT2D eigenvalue weighted by molar-refractivity contribution is -0.941. The summed E-state index contributed by atoms with van der Waals surface area (Å²) in [7, 11) is 1.55. The molecule has 2 bridgehead atoms. The molecule has 3 saturated heterocycles. The summed E-state index contributed by atoms with van der Waals surface area (Å²) in [4.78, 5) is 30.2. The van der Waals surface area contributed by atoms with Crippen LogP contribution in [0.15, 0.2) is 54.2 Å². The predicted molar refractivity (Wildman–Crippen MR) is 141 cm³/mol. The van der Waals surface area contributed by atoms with Crippen LogP contribution in [-0.4, -0.2) is 67.4 Å². The summed E-state index contributed by atoms with van der Waals surface area (Å²) in [5, 5.41) is 3.28. The summed E-state index contributed by atoms with van der Waals surface area (Å²) < 4.78 is 17.5. The van der Waals surface area contributed by atoms with Crippen molar-refractivity contribution in [2.45, 2.75) is 45.8 Å². The number of nitrogens with zero attached hydrogens (tertiary/aromatic N) is 2. The van der Waals surface area contributed by atoms with E-state index in [1.54, 1.807) is 50.6 Å². The fraction of sp³-hybridized carbons (Fsp3) is 0.483. The lowest BCUT2D eigenvalue weighted by Crippen LogP contribution is -3.00. The molecule has 3 fully saturated rings. The first-order chi connectivity index (χ1) is 17.8. The molecule has 2 aromatic rings. The van der Waals surface area contributed by atoms with Crippen molar-refractivity contribution in [2.24, 2.45) is 5.92 Å². The second-order valence-corrected chi connectivity index (χ2v) is 10.3. The lowest BCUT2D eigenvalue weighted by atomic mass is 9.83. The van der Waals surface area contributed by atoms with Crippen LogP contribution in [0.4, 0.5) is 5.69 Å². The molecule has 0 saturated carbocycles. The number of quaternary nitrogens is 1. The number of halogens is 1. The third-order valence-electron chi connectivity index (χ3n) is 7.42. The number of allylic oxidation sites excluding steroid dienone is 1. The van der Waals surface area contributed by atoms with Gasteiger partial charge in [0.25, 0.3) is 0 Å². The van der Waals surface area contributed by atoms with Gasteiger partial charge in [0.15, 0.2) is 12.1 Å². The highest BCUT2D eigenvalue weighted by atomic mass is 79.9. The van der Waals surface area contributed by atoms with Crippen molar-refractivity contribution in [3.63, 3.8) is 0 Å². The van der Waals surface area contributed by atoms with Gasteiger partial charge in [-0.3, -0.25) is 0 Å². The van der Waals surface area contributed by atoms with Crippen LogP contribution in [0.2, 0.25) is 0 Å². The van der Waals surface area contributed by atoms with Gasteiger partial charge in [-0.05, 0) is 51.1 Å². The molecule has 1 aromatic carbocycles. The van der Waals surface area contributed by atoms with E-state index in [1.165, 1.54) is 5.57 Å². The van der Waals surface area contributed by atoms with Crippen molar-refractivity contribution in [3.05, 3.63) is 65.4 Å². The highest BCUT2D eigenvalue weighted by molar-refractivity contribution is 5.91. The maximum Gasteiger partial charge on any atom is 0.338 e. The SMILES string of the molecule is CCOC(=O)c1cccc(NC(C(=O)O[C@H]2C[N+]3(CC=C(C)C)CCC2CC3)c2ccc(OC)nc2)c1.[Br-]. The minimum atomic E-state index is -0.794. The third kappa shape index (κ3) is 7.14. The van der Waals surface area contributed by atoms with Gasteiger partial charge in [-0.25, -0.2) is 14.6 Å². The zero-order valence-electron chi connectivity index (χ0n) is 22.6. The summed E-state index contributed by atoms with van der Waals surface area (Å²) in [6.45, 7) is 10.4. The van der Waals surface area contributed by atoms with Gasteiger partial charge in [-0.15, -0.1) is 0 Å². The fourth-order valence-corrected chi connectivity index (χ4v) is 5.28. The number of fused-ring (bicyclic) bond motifs is 3. The number of hydrogen-bond donors (Lipinski definition) is 1. The number of carbonyl (C=O) groups is 2. The Morgan fingerprint density at radius 1 is 1.18 bits per heavy atom. The maximum absolute atomic E-state index is 13.7. The van der Waals surface area contributed by atoms with Crippen LogP contribution in [-0.2, 0) is 14.3 Å². The van der Waals surface area contributed by atoms with E-state index in [-0.39, 0.29) is 29.1 Å².